The zero-order valence-corrected chi connectivity index (χ0v) is 13.1. The Balaban J connectivity index is 1.79. The van der Waals surface area contributed by atoms with Crippen molar-refractivity contribution in [3.05, 3.63) is 69.7 Å². The average Bonchev–Trinajstić information content (AvgIpc) is 2.45. The molecular formula is C17H19Cl2N. The van der Waals surface area contributed by atoms with Gasteiger partial charge in [-0.05, 0) is 43.0 Å². The van der Waals surface area contributed by atoms with Crippen molar-refractivity contribution in [2.75, 3.05) is 0 Å². The van der Waals surface area contributed by atoms with Crippen LogP contribution in [0.15, 0.2) is 48.5 Å². The van der Waals surface area contributed by atoms with Crippen LogP contribution in [0, 0.1) is 0 Å². The molecule has 0 amide bonds. The van der Waals surface area contributed by atoms with Gasteiger partial charge in [0.1, 0.15) is 0 Å². The van der Waals surface area contributed by atoms with Crippen molar-refractivity contribution in [3.8, 4) is 0 Å². The number of hydrogen-bond acceptors (Lipinski definition) is 1. The van der Waals surface area contributed by atoms with E-state index >= 15 is 0 Å². The summed E-state index contributed by atoms with van der Waals surface area (Å²) in [6.45, 7) is 2.97. The van der Waals surface area contributed by atoms with Gasteiger partial charge in [-0.1, -0.05) is 59.6 Å². The van der Waals surface area contributed by atoms with Crippen LogP contribution in [-0.2, 0) is 13.0 Å². The van der Waals surface area contributed by atoms with E-state index in [1.165, 1.54) is 5.56 Å². The van der Waals surface area contributed by atoms with Gasteiger partial charge in [0.25, 0.3) is 0 Å². The Hall–Kier alpha value is -1.02. The molecule has 106 valence electrons. The summed E-state index contributed by atoms with van der Waals surface area (Å²) in [4.78, 5) is 0. The molecule has 0 spiro atoms. The second kappa shape index (κ2) is 7.68. The van der Waals surface area contributed by atoms with Crippen molar-refractivity contribution in [3.63, 3.8) is 0 Å². The zero-order chi connectivity index (χ0) is 14.4. The molecular weight excluding hydrogens is 289 g/mol. The molecule has 2 rings (SSSR count). The smallest absolute Gasteiger partial charge is 0.0465 e. The standard InChI is InChI=1S/C17H19Cl2N/c1-13(7-8-14-5-3-2-4-6-14)20-12-15-9-10-16(18)11-17(15)19/h2-6,9-11,13,20H,7-8,12H2,1H3/t13-/m0/s1. The molecule has 20 heavy (non-hydrogen) atoms. The highest BCUT2D eigenvalue weighted by Gasteiger charge is 2.05. The van der Waals surface area contributed by atoms with Crippen molar-refractivity contribution in [2.45, 2.75) is 32.4 Å². The van der Waals surface area contributed by atoms with E-state index in [1.54, 1.807) is 6.07 Å². The lowest BCUT2D eigenvalue weighted by molar-refractivity contribution is 0.514. The lowest BCUT2D eigenvalue weighted by atomic mass is 10.1. The minimum atomic E-state index is 0.446. The van der Waals surface area contributed by atoms with Gasteiger partial charge >= 0.3 is 0 Å². The van der Waals surface area contributed by atoms with Gasteiger partial charge in [-0.3, -0.25) is 0 Å². The molecule has 0 heterocycles. The van der Waals surface area contributed by atoms with E-state index in [9.17, 15) is 0 Å². The van der Waals surface area contributed by atoms with Gasteiger partial charge in [0.15, 0.2) is 0 Å². The van der Waals surface area contributed by atoms with Gasteiger partial charge in [0.05, 0.1) is 0 Å². The van der Waals surface area contributed by atoms with E-state index in [-0.39, 0.29) is 0 Å². The minimum absolute atomic E-state index is 0.446. The van der Waals surface area contributed by atoms with Gasteiger partial charge in [0.2, 0.25) is 0 Å². The Bertz CT molecular complexity index is 540. The van der Waals surface area contributed by atoms with E-state index in [4.69, 9.17) is 23.2 Å². The molecule has 0 unspecified atom stereocenters. The van der Waals surface area contributed by atoms with Crippen LogP contribution in [0.5, 0.6) is 0 Å². The van der Waals surface area contributed by atoms with Crippen molar-refractivity contribution < 1.29 is 0 Å². The Morgan fingerprint density at radius 1 is 1.05 bits per heavy atom. The number of aryl methyl sites for hydroxylation is 1. The largest absolute Gasteiger partial charge is 0.310 e. The van der Waals surface area contributed by atoms with E-state index in [0.29, 0.717) is 11.1 Å². The number of nitrogens with one attached hydrogen (secondary N) is 1. The lowest BCUT2D eigenvalue weighted by Gasteiger charge is -2.14. The maximum atomic E-state index is 6.16. The van der Waals surface area contributed by atoms with E-state index in [2.05, 4.69) is 36.5 Å². The van der Waals surface area contributed by atoms with Crippen LogP contribution in [0.4, 0.5) is 0 Å². The van der Waals surface area contributed by atoms with Gasteiger partial charge in [-0.25, -0.2) is 0 Å². The quantitative estimate of drug-likeness (QED) is 0.782. The third-order valence-electron chi connectivity index (χ3n) is 3.36. The summed E-state index contributed by atoms with van der Waals surface area (Å²) in [5, 5.41) is 4.90. The molecule has 0 saturated heterocycles. The van der Waals surface area contributed by atoms with Crippen LogP contribution in [0.2, 0.25) is 10.0 Å². The zero-order valence-electron chi connectivity index (χ0n) is 11.6. The van der Waals surface area contributed by atoms with Gasteiger partial charge in [-0.2, -0.15) is 0 Å². The number of rotatable bonds is 6. The molecule has 1 atom stereocenters. The van der Waals surface area contributed by atoms with Crippen molar-refractivity contribution in [1.82, 2.24) is 5.32 Å². The van der Waals surface area contributed by atoms with Crippen LogP contribution in [0.1, 0.15) is 24.5 Å². The summed E-state index contributed by atoms with van der Waals surface area (Å²) >= 11 is 12.1. The van der Waals surface area contributed by atoms with E-state index in [0.717, 1.165) is 30.0 Å². The first-order valence-corrected chi connectivity index (χ1v) is 7.62. The molecule has 0 aromatic heterocycles. The average molecular weight is 308 g/mol. The third kappa shape index (κ3) is 4.82. The minimum Gasteiger partial charge on any atom is -0.310 e. The molecule has 3 heteroatoms. The molecule has 0 fully saturated rings. The predicted octanol–water partition coefficient (Wildman–Crippen LogP) is 5.10. The predicted molar refractivity (Wildman–Crippen MR) is 87.5 cm³/mol. The Morgan fingerprint density at radius 3 is 2.50 bits per heavy atom. The molecule has 0 aliphatic heterocycles. The Morgan fingerprint density at radius 2 is 1.80 bits per heavy atom. The van der Waals surface area contributed by atoms with Crippen molar-refractivity contribution >= 4 is 23.2 Å². The SMILES string of the molecule is C[C@@H](CCc1ccccc1)NCc1ccc(Cl)cc1Cl. The van der Waals surface area contributed by atoms with Crippen LogP contribution in [-0.4, -0.2) is 6.04 Å². The van der Waals surface area contributed by atoms with Crippen LogP contribution in [0.3, 0.4) is 0 Å². The summed E-state index contributed by atoms with van der Waals surface area (Å²) in [6.07, 6.45) is 2.19. The monoisotopic (exact) mass is 307 g/mol. The molecule has 0 aliphatic carbocycles. The first kappa shape index (κ1) is 15.4. The molecule has 0 saturated carbocycles. The van der Waals surface area contributed by atoms with Crippen LogP contribution >= 0.6 is 23.2 Å². The summed E-state index contributed by atoms with van der Waals surface area (Å²) < 4.78 is 0. The molecule has 0 aliphatic rings. The fraction of sp³-hybridized carbons (Fsp3) is 0.294. The molecule has 2 aromatic rings. The number of hydrogen-bond donors (Lipinski definition) is 1. The number of halogens is 2. The maximum Gasteiger partial charge on any atom is 0.0465 e. The molecule has 1 N–H and O–H groups in total. The summed E-state index contributed by atoms with van der Waals surface area (Å²) in [7, 11) is 0. The third-order valence-corrected chi connectivity index (χ3v) is 3.95. The van der Waals surface area contributed by atoms with Gasteiger partial charge in [-0.15, -0.1) is 0 Å². The molecule has 2 aromatic carbocycles. The summed E-state index contributed by atoms with van der Waals surface area (Å²) in [5.74, 6) is 0. The van der Waals surface area contributed by atoms with Crippen LogP contribution in [0.25, 0.3) is 0 Å². The number of benzene rings is 2. The van der Waals surface area contributed by atoms with Crippen molar-refractivity contribution in [1.29, 1.82) is 0 Å². The van der Waals surface area contributed by atoms with Gasteiger partial charge in [0, 0.05) is 22.6 Å². The Labute approximate surface area is 130 Å². The normalized spacial score (nSPS) is 12.3. The second-order valence-corrected chi connectivity index (χ2v) is 5.89. The Kier molecular flexibility index (Phi) is 5.90. The van der Waals surface area contributed by atoms with E-state index < -0.39 is 0 Å². The fourth-order valence-corrected chi connectivity index (χ4v) is 2.55. The molecule has 0 bridgehead atoms. The fourth-order valence-electron chi connectivity index (χ4n) is 2.08. The van der Waals surface area contributed by atoms with E-state index in [1.807, 2.05) is 18.2 Å². The maximum absolute atomic E-state index is 6.16. The lowest BCUT2D eigenvalue weighted by Crippen LogP contribution is -2.26. The highest BCUT2D eigenvalue weighted by atomic mass is 35.5. The summed E-state index contributed by atoms with van der Waals surface area (Å²) in [5.41, 5.74) is 2.47. The van der Waals surface area contributed by atoms with Crippen molar-refractivity contribution in [2.24, 2.45) is 0 Å². The van der Waals surface area contributed by atoms with Crippen LogP contribution < -0.4 is 5.32 Å². The second-order valence-electron chi connectivity index (χ2n) is 5.04. The molecule has 1 nitrogen and oxygen atoms in total. The highest BCUT2D eigenvalue weighted by Crippen LogP contribution is 2.21. The first-order valence-electron chi connectivity index (χ1n) is 6.86. The molecule has 0 radical (unpaired) electrons. The van der Waals surface area contributed by atoms with Gasteiger partial charge < -0.3 is 5.32 Å². The first-order chi connectivity index (χ1) is 9.65. The summed E-state index contributed by atoms with van der Waals surface area (Å²) in [6, 6.07) is 16.6. The topological polar surface area (TPSA) is 12.0 Å². The highest BCUT2D eigenvalue weighted by molar-refractivity contribution is 6.35.